The van der Waals surface area contributed by atoms with Crippen molar-refractivity contribution >= 4 is 17.4 Å². The SMILES string of the molecule is CC(C)(C)c1ccccc1C(=O)Nc1ncccc1N. The number of carbonyl (C=O) groups is 1. The Kier molecular flexibility index (Phi) is 3.74. The van der Waals surface area contributed by atoms with Crippen LogP contribution in [0.1, 0.15) is 36.7 Å². The molecule has 1 heterocycles. The molecule has 1 amide bonds. The summed E-state index contributed by atoms with van der Waals surface area (Å²) in [4.78, 5) is 16.5. The van der Waals surface area contributed by atoms with E-state index in [9.17, 15) is 4.79 Å². The van der Waals surface area contributed by atoms with Crippen LogP contribution in [-0.2, 0) is 5.41 Å². The van der Waals surface area contributed by atoms with Gasteiger partial charge in [-0.25, -0.2) is 4.98 Å². The van der Waals surface area contributed by atoms with E-state index in [1.54, 1.807) is 18.3 Å². The molecule has 1 aromatic carbocycles. The second kappa shape index (κ2) is 5.33. The minimum Gasteiger partial charge on any atom is -0.396 e. The number of nitrogens with two attached hydrogens (primary N) is 1. The van der Waals surface area contributed by atoms with Crippen LogP contribution in [0.25, 0.3) is 0 Å². The highest BCUT2D eigenvalue weighted by molar-refractivity contribution is 6.06. The molecular weight excluding hydrogens is 250 g/mol. The van der Waals surface area contributed by atoms with Crippen molar-refractivity contribution in [2.45, 2.75) is 26.2 Å². The number of carbonyl (C=O) groups excluding carboxylic acids is 1. The number of pyridine rings is 1. The zero-order valence-corrected chi connectivity index (χ0v) is 12.0. The summed E-state index contributed by atoms with van der Waals surface area (Å²) in [5.74, 6) is 0.196. The second-order valence-corrected chi connectivity index (χ2v) is 5.69. The van der Waals surface area contributed by atoms with Crippen LogP contribution in [0.4, 0.5) is 11.5 Å². The number of nitrogens with one attached hydrogen (secondary N) is 1. The lowest BCUT2D eigenvalue weighted by Crippen LogP contribution is -2.21. The average Bonchev–Trinajstić information content (AvgIpc) is 2.40. The molecule has 2 rings (SSSR count). The number of amides is 1. The fourth-order valence-corrected chi connectivity index (χ4v) is 2.03. The van der Waals surface area contributed by atoms with Crippen LogP contribution in [0.2, 0.25) is 0 Å². The lowest BCUT2D eigenvalue weighted by molar-refractivity contribution is 0.102. The van der Waals surface area contributed by atoms with Gasteiger partial charge in [0.05, 0.1) is 5.69 Å². The first kappa shape index (κ1) is 14.1. The monoisotopic (exact) mass is 269 g/mol. The second-order valence-electron chi connectivity index (χ2n) is 5.69. The first-order chi connectivity index (χ1) is 9.39. The fraction of sp³-hybridized carbons (Fsp3) is 0.250. The molecule has 4 nitrogen and oxygen atoms in total. The summed E-state index contributed by atoms with van der Waals surface area (Å²) < 4.78 is 0. The smallest absolute Gasteiger partial charge is 0.257 e. The number of nitrogens with zero attached hydrogens (tertiary/aromatic N) is 1. The predicted octanol–water partition coefficient (Wildman–Crippen LogP) is 3.21. The first-order valence-electron chi connectivity index (χ1n) is 6.51. The molecule has 0 radical (unpaired) electrons. The first-order valence-corrected chi connectivity index (χ1v) is 6.51. The summed E-state index contributed by atoms with van der Waals surface area (Å²) in [6.07, 6.45) is 1.60. The molecule has 0 bridgehead atoms. The molecule has 1 aromatic heterocycles. The normalized spacial score (nSPS) is 11.2. The molecule has 4 heteroatoms. The number of benzene rings is 1. The molecule has 0 saturated carbocycles. The summed E-state index contributed by atoms with van der Waals surface area (Å²) in [5.41, 5.74) is 7.78. The topological polar surface area (TPSA) is 68.0 Å². The van der Waals surface area contributed by atoms with Gasteiger partial charge in [-0.15, -0.1) is 0 Å². The van der Waals surface area contributed by atoms with Gasteiger partial charge in [0, 0.05) is 11.8 Å². The molecule has 104 valence electrons. The van der Waals surface area contributed by atoms with Crippen molar-refractivity contribution in [3.8, 4) is 0 Å². The fourth-order valence-electron chi connectivity index (χ4n) is 2.03. The molecule has 0 aliphatic rings. The third kappa shape index (κ3) is 2.96. The van der Waals surface area contributed by atoms with Gasteiger partial charge in [0.25, 0.3) is 5.91 Å². The summed E-state index contributed by atoms with van der Waals surface area (Å²) in [5, 5.41) is 2.76. The minimum atomic E-state index is -0.194. The Morgan fingerprint density at radius 1 is 1.15 bits per heavy atom. The predicted molar refractivity (Wildman–Crippen MR) is 81.7 cm³/mol. The summed E-state index contributed by atoms with van der Waals surface area (Å²) in [6, 6.07) is 11.0. The number of nitrogen functional groups attached to an aromatic ring is 1. The van der Waals surface area contributed by atoms with Crippen LogP contribution in [0, 0.1) is 0 Å². The highest BCUT2D eigenvalue weighted by Gasteiger charge is 2.21. The van der Waals surface area contributed by atoms with Gasteiger partial charge in [-0.1, -0.05) is 39.0 Å². The van der Waals surface area contributed by atoms with Crippen molar-refractivity contribution < 1.29 is 4.79 Å². The van der Waals surface area contributed by atoms with Crippen LogP contribution in [0.3, 0.4) is 0 Å². The zero-order chi connectivity index (χ0) is 14.8. The molecule has 0 aliphatic carbocycles. The van der Waals surface area contributed by atoms with Gasteiger partial charge < -0.3 is 11.1 Å². The average molecular weight is 269 g/mol. The van der Waals surface area contributed by atoms with E-state index in [1.807, 2.05) is 24.3 Å². The van der Waals surface area contributed by atoms with Crippen molar-refractivity contribution in [1.29, 1.82) is 0 Å². The molecule has 0 fully saturated rings. The Morgan fingerprint density at radius 3 is 2.50 bits per heavy atom. The van der Waals surface area contributed by atoms with E-state index in [-0.39, 0.29) is 11.3 Å². The molecule has 0 atom stereocenters. The van der Waals surface area contributed by atoms with E-state index < -0.39 is 0 Å². The highest BCUT2D eigenvalue weighted by atomic mass is 16.1. The van der Waals surface area contributed by atoms with Gasteiger partial charge in [0.2, 0.25) is 0 Å². The largest absolute Gasteiger partial charge is 0.396 e. The third-order valence-corrected chi connectivity index (χ3v) is 3.05. The maximum Gasteiger partial charge on any atom is 0.257 e. The number of hydrogen-bond acceptors (Lipinski definition) is 3. The molecule has 0 aliphatic heterocycles. The van der Waals surface area contributed by atoms with Crippen molar-refractivity contribution in [2.24, 2.45) is 0 Å². The van der Waals surface area contributed by atoms with Crippen molar-refractivity contribution in [1.82, 2.24) is 4.98 Å². The Balaban J connectivity index is 2.34. The summed E-state index contributed by atoms with van der Waals surface area (Å²) >= 11 is 0. The quantitative estimate of drug-likeness (QED) is 0.879. The summed E-state index contributed by atoms with van der Waals surface area (Å²) in [7, 11) is 0. The van der Waals surface area contributed by atoms with Crippen LogP contribution in [0.5, 0.6) is 0 Å². The molecule has 3 N–H and O–H groups in total. The Morgan fingerprint density at radius 2 is 1.85 bits per heavy atom. The van der Waals surface area contributed by atoms with Gasteiger partial charge in [-0.3, -0.25) is 4.79 Å². The number of anilines is 2. The molecule has 2 aromatic rings. The maximum absolute atomic E-state index is 12.4. The van der Waals surface area contributed by atoms with E-state index in [2.05, 4.69) is 31.1 Å². The Labute approximate surface area is 119 Å². The van der Waals surface area contributed by atoms with Crippen LogP contribution >= 0.6 is 0 Å². The van der Waals surface area contributed by atoms with Gasteiger partial charge in [-0.05, 0) is 29.2 Å². The van der Waals surface area contributed by atoms with Crippen LogP contribution in [-0.4, -0.2) is 10.9 Å². The molecule has 20 heavy (non-hydrogen) atoms. The molecular formula is C16H19N3O. The number of aromatic nitrogens is 1. The number of rotatable bonds is 2. The van der Waals surface area contributed by atoms with E-state index in [0.29, 0.717) is 17.1 Å². The van der Waals surface area contributed by atoms with Crippen molar-refractivity contribution in [3.63, 3.8) is 0 Å². The molecule has 0 unspecified atom stereocenters. The summed E-state index contributed by atoms with van der Waals surface area (Å²) in [6.45, 7) is 6.23. The third-order valence-electron chi connectivity index (χ3n) is 3.05. The maximum atomic E-state index is 12.4. The van der Waals surface area contributed by atoms with Crippen molar-refractivity contribution in [2.75, 3.05) is 11.1 Å². The van der Waals surface area contributed by atoms with Gasteiger partial charge in [-0.2, -0.15) is 0 Å². The molecule has 0 saturated heterocycles. The van der Waals surface area contributed by atoms with Crippen molar-refractivity contribution in [3.05, 3.63) is 53.7 Å². The Hall–Kier alpha value is -2.36. The van der Waals surface area contributed by atoms with Crippen LogP contribution < -0.4 is 11.1 Å². The van der Waals surface area contributed by atoms with E-state index >= 15 is 0 Å². The minimum absolute atomic E-state index is 0.108. The van der Waals surface area contributed by atoms with E-state index in [4.69, 9.17) is 5.73 Å². The van der Waals surface area contributed by atoms with Gasteiger partial charge in [0.15, 0.2) is 5.82 Å². The van der Waals surface area contributed by atoms with Gasteiger partial charge in [0.1, 0.15) is 0 Å². The standard InChI is InChI=1S/C16H19N3O/c1-16(2,3)12-8-5-4-7-11(12)15(20)19-14-13(17)9-6-10-18-14/h4-10H,17H2,1-3H3,(H,18,19,20). The van der Waals surface area contributed by atoms with E-state index in [0.717, 1.165) is 5.56 Å². The number of hydrogen-bond donors (Lipinski definition) is 2. The molecule has 0 spiro atoms. The Bertz CT molecular complexity index is 630. The van der Waals surface area contributed by atoms with Crippen LogP contribution in [0.15, 0.2) is 42.6 Å². The highest BCUT2D eigenvalue weighted by Crippen LogP contribution is 2.26. The zero-order valence-electron chi connectivity index (χ0n) is 12.0. The lowest BCUT2D eigenvalue weighted by Gasteiger charge is -2.22. The van der Waals surface area contributed by atoms with E-state index in [1.165, 1.54) is 0 Å². The lowest BCUT2D eigenvalue weighted by atomic mass is 9.83. The van der Waals surface area contributed by atoms with Gasteiger partial charge >= 0.3 is 0 Å².